The van der Waals surface area contributed by atoms with Gasteiger partial charge in [-0.1, -0.05) is 29.3 Å². The van der Waals surface area contributed by atoms with Gasteiger partial charge in [0.15, 0.2) is 5.82 Å². The molecule has 0 spiro atoms. The van der Waals surface area contributed by atoms with Crippen LogP contribution in [0.1, 0.15) is 5.56 Å². The van der Waals surface area contributed by atoms with Crippen molar-refractivity contribution in [2.24, 2.45) is 0 Å². The minimum absolute atomic E-state index is 0.240. The van der Waals surface area contributed by atoms with Gasteiger partial charge in [-0.05, 0) is 24.6 Å². The van der Waals surface area contributed by atoms with Crippen LogP contribution in [0, 0.1) is 6.92 Å². The second kappa shape index (κ2) is 4.77. The topological polar surface area (TPSA) is 63.8 Å². The summed E-state index contributed by atoms with van der Waals surface area (Å²) in [5.74, 6) is 0.702. The van der Waals surface area contributed by atoms with Gasteiger partial charge in [0.1, 0.15) is 17.2 Å². The zero-order valence-corrected chi connectivity index (χ0v) is 10.5. The monoisotopic (exact) mass is 268 g/mol. The maximum absolute atomic E-state index is 5.99. The first kappa shape index (κ1) is 12.0. The Labute approximate surface area is 109 Å². The summed E-state index contributed by atoms with van der Waals surface area (Å²) in [6.45, 7) is 1.96. The molecular formula is C11H10Cl2N4. The standard InChI is InChI=1S/C11H10Cl2N4/c1-6-2-3-7(12)4-8(6)17-11-9(13)10(14)15-5-16-11/h2-5H,1H3,(H3,14,15,16,17). The van der Waals surface area contributed by atoms with Gasteiger partial charge in [0.25, 0.3) is 0 Å². The molecule has 0 saturated carbocycles. The second-order valence-electron chi connectivity index (χ2n) is 3.51. The van der Waals surface area contributed by atoms with Crippen LogP contribution in [0.25, 0.3) is 0 Å². The second-order valence-corrected chi connectivity index (χ2v) is 4.32. The Morgan fingerprint density at radius 2 is 2.00 bits per heavy atom. The van der Waals surface area contributed by atoms with Gasteiger partial charge in [-0.2, -0.15) is 0 Å². The van der Waals surface area contributed by atoms with Crippen molar-refractivity contribution in [1.82, 2.24) is 9.97 Å². The summed E-state index contributed by atoms with van der Waals surface area (Å²) in [6.07, 6.45) is 1.35. The molecule has 4 nitrogen and oxygen atoms in total. The number of nitrogens with zero attached hydrogens (tertiary/aromatic N) is 2. The number of hydrogen-bond acceptors (Lipinski definition) is 4. The molecule has 2 rings (SSSR count). The zero-order valence-electron chi connectivity index (χ0n) is 9.04. The highest BCUT2D eigenvalue weighted by Crippen LogP contribution is 2.29. The van der Waals surface area contributed by atoms with Gasteiger partial charge in [-0.25, -0.2) is 9.97 Å². The fourth-order valence-electron chi connectivity index (χ4n) is 1.33. The lowest BCUT2D eigenvalue weighted by Gasteiger charge is -2.10. The molecule has 3 N–H and O–H groups in total. The molecule has 0 atom stereocenters. The van der Waals surface area contributed by atoms with Crippen LogP contribution in [0.5, 0.6) is 0 Å². The number of halogens is 2. The van der Waals surface area contributed by atoms with Gasteiger partial charge in [0.2, 0.25) is 0 Å². The lowest BCUT2D eigenvalue weighted by molar-refractivity contribution is 1.17. The molecule has 0 unspecified atom stereocenters. The van der Waals surface area contributed by atoms with Crippen LogP contribution in [0.4, 0.5) is 17.3 Å². The molecule has 17 heavy (non-hydrogen) atoms. The smallest absolute Gasteiger partial charge is 0.154 e. The van der Waals surface area contributed by atoms with E-state index in [1.165, 1.54) is 6.33 Å². The maximum Gasteiger partial charge on any atom is 0.154 e. The summed E-state index contributed by atoms with van der Waals surface area (Å²) in [5, 5.41) is 4.01. The molecule has 1 aromatic carbocycles. The Morgan fingerprint density at radius 1 is 1.24 bits per heavy atom. The van der Waals surface area contributed by atoms with Crippen molar-refractivity contribution in [2.45, 2.75) is 6.92 Å². The molecule has 6 heteroatoms. The molecule has 0 aliphatic rings. The van der Waals surface area contributed by atoms with Crippen LogP contribution < -0.4 is 11.1 Å². The fraction of sp³-hybridized carbons (Fsp3) is 0.0909. The molecule has 0 bridgehead atoms. The quantitative estimate of drug-likeness (QED) is 0.876. The van der Waals surface area contributed by atoms with Gasteiger partial charge in [0, 0.05) is 10.7 Å². The van der Waals surface area contributed by atoms with Crippen molar-refractivity contribution in [3.63, 3.8) is 0 Å². The first-order chi connectivity index (χ1) is 8.08. The van der Waals surface area contributed by atoms with E-state index in [1.807, 2.05) is 19.1 Å². The highest BCUT2D eigenvalue weighted by Gasteiger charge is 2.08. The number of aromatic nitrogens is 2. The molecule has 0 aliphatic carbocycles. The molecule has 0 fully saturated rings. The predicted molar refractivity (Wildman–Crippen MR) is 70.9 cm³/mol. The van der Waals surface area contributed by atoms with Crippen LogP contribution in [0.2, 0.25) is 10.0 Å². The third-order valence-electron chi connectivity index (χ3n) is 2.27. The van der Waals surface area contributed by atoms with Crippen molar-refractivity contribution in [2.75, 3.05) is 11.1 Å². The van der Waals surface area contributed by atoms with E-state index in [-0.39, 0.29) is 5.82 Å². The SMILES string of the molecule is Cc1ccc(Cl)cc1Nc1ncnc(N)c1Cl. The molecule has 0 amide bonds. The molecule has 1 heterocycles. The van der Waals surface area contributed by atoms with Gasteiger partial charge < -0.3 is 11.1 Å². The van der Waals surface area contributed by atoms with Crippen LogP contribution in [-0.4, -0.2) is 9.97 Å². The number of anilines is 3. The largest absolute Gasteiger partial charge is 0.382 e. The first-order valence-electron chi connectivity index (χ1n) is 4.87. The van der Waals surface area contributed by atoms with E-state index in [2.05, 4.69) is 15.3 Å². The van der Waals surface area contributed by atoms with Crippen molar-refractivity contribution in [3.8, 4) is 0 Å². The van der Waals surface area contributed by atoms with Crippen LogP contribution in [0.15, 0.2) is 24.5 Å². The van der Waals surface area contributed by atoms with Gasteiger partial charge in [0.05, 0.1) is 0 Å². The van der Waals surface area contributed by atoms with Crippen LogP contribution >= 0.6 is 23.2 Å². The van der Waals surface area contributed by atoms with Crippen LogP contribution in [-0.2, 0) is 0 Å². The minimum atomic E-state index is 0.240. The number of nitrogens with two attached hydrogens (primary N) is 1. The minimum Gasteiger partial charge on any atom is -0.382 e. The van der Waals surface area contributed by atoms with Crippen LogP contribution in [0.3, 0.4) is 0 Å². The Morgan fingerprint density at radius 3 is 2.76 bits per heavy atom. The molecular weight excluding hydrogens is 259 g/mol. The number of benzene rings is 1. The number of nitrogen functional groups attached to an aromatic ring is 1. The Kier molecular flexibility index (Phi) is 3.36. The Hall–Kier alpha value is -1.52. The highest BCUT2D eigenvalue weighted by molar-refractivity contribution is 6.35. The van der Waals surface area contributed by atoms with Crippen molar-refractivity contribution in [3.05, 3.63) is 40.1 Å². The number of hydrogen-bond donors (Lipinski definition) is 2. The lowest BCUT2D eigenvalue weighted by atomic mass is 10.2. The average Bonchev–Trinajstić information content (AvgIpc) is 2.30. The van der Waals surface area contributed by atoms with Crippen molar-refractivity contribution in [1.29, 1.82) is 0 Å². The Bertz CT molecular complexity index is 557. The molecule has 1 aromatic heterocycles. The third kappa shape index (κ3) is 2.60. The van der Waals surface area contributed by atoms with E-state index < -0.39 is 0 Å². The molecule has 2 aromatic rings. The van der Waals surface area contributed by atoms with Gasteiger partial charge >= 0.3 is 0 Å². The lowest BCUT2D eigenvalue weighted by Crippen LogP contribution is -2.00. The van der Waals surface area contributed by atoms with Crippen molar-refractivity contribution < 1.29 is 0 Å². The molecule has 0 saturated heterocycles. The van der Waals surface area contributed by atoms with E-state index in [1.54, 1.807) is 6.07 Å². The Balaban J connectivity index is 2.38. The first-order valence-corrected chi connectivity index (χ1v) is 5.62. The molecule has 88 valence electrons. The third-order valence-corrected chi connectivity index (χ3v) is 2.88. The van der Waals surface area contributed by atoms with E-state index in [4.69, 9.17) is 28.9 Å². The fourth-order valence-corrected chi connectivity index (χ4v) is 1.64. The predicted octanol–water partition coefficient (Wildman–Crippen LogP) is 3.42. The van der Waals surface area contributed by atoms with E-state index in [0.29, 0.717) is 15.9 Å². The number of rotatable bonds is 2. The van der Waals surface area contributed by atoms with E-state index in [9.17, 15) is 0 Å². The molecule has 0 radical (unpaired) electrons. The normalized spacial score (nSPS) is 10.3. The highest BCUT2D eigenvalue weighted by atomic mass is 35.5. The summed E-state index contributed by atoms with van der Waals surface area (Å²) in [5.41, 5.74) is 7.45. The number of nitrogens with one attached hydrogen (secondary N) is 1. The summed E-state index contributed by atoms with van der Waals surface area (Å²) < 4.78 is 0. The maximum atomic E-state index is 5.99. The van der Waals surface area contributed by atoms with Crippen molar-refractivity contribution >= 4 is 40.5 Å². The van der Waals surface area contributed by atoms with Gasteiger partial charge in [-0.15, -0.1) is 0 Å². The van der Waals surface area contributed by atoms with E-state index >= 15 is 0 Å². The summed E-state index contributed by atoms with van der Waals surface area (Å²) in [4.78, 5) is 7.82. The summed E-state index contributed by atoms with van der Waals surface area (Å²) >= 11 is 11.9. The molecule has 0 aliphatic heterocycles. The zero-order chi connectivity index (χ0) is 12.4. The average molecular weight is 269 g/mol. The van der Waals surface area contributed by atoms with Gasteiger partial charge in [-0.3, -0.25) is 0 Å². The summed E-state index contributed by atoms with van der Waals surface area (Å²) in [7, 11) is 0. The van der Waals surface area contributed by atoms with E-state index in [0.717, 1.165) is 11.3 Å². The number of aryl methyl sites for hydroxylation is 1. The summed E-state index contributed by atoms with van der Waals surface area (Å²) in [6, 6.07) is 5.52.